The average Bonchev–Trinajstić information content (AvgIpc) is 2.85. The molecule has 4 heteroatoms. The molecule has 2 heterocycles. The van der Waals surface area contributed by atoms with E-state index in [1.54, 1.807) is 0 Å². The Morgan fingerprint density at radius 2 is 2.33 bits per heavy atom. The second-order valence-electron chi connectivity index (χ2n) is 3.31. The van der Waals surface area contributed by atoms with E-state index in [9.17, 15) is 0 Å². The maximum atomic E-state index is 3.38. The highest BCUT2D eigenvalue weighted by molar-refractivity contribution is 14.1. The lowest BCUT2D eigenvalue weighted by Crippen LogP contribution is -2.17. The minimum Gasteiger partial charge on any atom is -0.313 e. The van der Waals surface area contributed by atoms with E-state index in [4.69, 9.17) is 0 Å². The van der Waals surface area contributed by atoms with Gasteiger partial charge in [-0.3, -0.25) is 0 Å². The van der Waals surface area contributed by atoms with Gasteiger partial charge in [0.25, 0.3) is 0 Å². The molecule has 0 aromatic carbocycles. The molecule has 0 spiro atoms. The van der Waals surface area contributed by atoms with Crippen molar-refractivity contribution < 1.29 is 0 Å². The highest BCUT2D eigenvalue weighted by Gasteiger charge is 2.11. The van der Waals surface area contributed by atoms with Crippen LogP contribution in [0.25, 0.3) is 0 Å². The molecule has 0 aliphatic rings. The maximum absolute atomic E-state index is 3.38. The minimum absolute atomic E-state index is 0.448. The number of rotatable bonds is 4. The van der Waals surface area contributed by atoms with Gasteiger partial charge in [-0.25, -0.2) is 0 Å². The van der Waals surface area contributed by atoms with E-state index >= 15 is 0 Å². The quantitative estimate of drug-likeness (QED) is 0.825. The van der Waals surface area contributed by atoms with Crippen molar-refractivity contribution in [3.8, 4) is 0 Å². The van der Waals surface area contributed by atoms with Crippen LogP contribution < -0.4 is 5.32 Å². The number of thiophene rings is 2. The van der Waals surface area contributed by atoms with Gasteiger partial charge in [-0.05, 0) is 58.1 Å². The summed E-state index contributed by atoms with van der Waals surface area (Å²) >= 11 is 6.01. The van der Waals surface area contributed by atoms with Gasteiger partial charge in [0.1, 0.15) is 0 Å². The van der Waals surface area contributed by atoms with Crippen LogP contribution in [0.4, 0.5) is 0 Å². The van der Waals surface area contributed by atoms with Crippen LogP contribution in [0.3, 0.4) is 0 Å². The second kappa shape index (κ2) is 5.43. The van der Waals surface area contributed by atoms with Crippen molar-refractivity contribution >= 4 is 45.3 Å². The fourth-order valence-electron chi connectivity index (χ4n) is 1.52. The Kier molecular flexibility index (Phi) is 4.19. The molecule has 0 aliphatic carbocycles. The van der Waals surface area contributed by atoms with Crippen molar-refractivity contribution in [1.29, 1.82) is 0 Å². The summed E-state index contributed by atoms with van der Waals surface area (Å²) in [6.07, 6.45) is 1.08. The van der Waals surface area contributed by atoms with Crippen LogP contribution in [0.15, 0.2) is 29.0 Å². The van der Waals surface area contributed by atoms with E-state index in [0.29, 0.717) is 6.04 Å². The molecule has 2 aromatic heterocycles. The van der Waals surface area contributed by atoms with Crippen LogP contribution in [0, 0.1) is 2.88 Å². The minimum atomic E-state index is 0.448. The van der Waals surface area contributed by atoms with Gasteiger partial charge >= 0.3 is 0 Å². The first-order valence-corrected chi connectivity index (χ1v) is 7.57. The van der Waals surface area contributed by atoms with Gasteiger partial charge in [0.05, 0.1) is 2.88 Å². The number of hydrogen-bond donors (Lipinski definition) is 1. The number of nitrogens with one attached hydrogen (secondary N) is 1. The third-order valence-electron chi connectivity index (χ3n) is 2.32. The molecule has 0 fully saturated rings. The van der Waals surface area contributed by atoms with E-state index in [2.05, 4.69) is 56.9 Å². The van der Waals surface area contributed by atoms with Crippen LogP contribution >= 0.6 is 45.3 Å². The van der Waals surface area contributed by atoms with Crippen LogP contribution in [-0.4, -0.2) is 7.05 Å². The van der Waals surface area contributed by atoms with Crippen LogP contribution in [0.2, 0.25) is 0 Å². The number of likely N-dealkylation sites (N-methyl/N-ethyl adjacent to an activating group) is 1. The maximum Gasteiger partial charge on any atom is 0.0656 e. The monoisotopic (exact) mass is 349 g/mol. The Morgan fingerprint density at radius 1 is 1.47 bits per heavy atom. The normalized spacial score (nSPS) is 12.9. The lowest BCUT2D eigenvalue weighted by Gasteiger charge is -2.13. The predicted octanol–water partition coefficient (Wildman–Crippen LogP) is 3.92. The molecule has 0 aliphatic heterocycles. The molecule has 2 aromatic rings. The largest absolute Gasteiger partial charge is 0.313 e. The zero-order valence-corrected chi connectivity index (χ0v) is 12.2. The van der Waals surface area contributed by atoms with Crippen molar-refractivity contribution in [3.63, 3.8) is 0 Å². The molecule has 0 bridgehead atoms. The van der Waals surface area contributed by atoms with Crippen molar-refractivity contribution in [2.24, 2.45) is 0 Å². The van der Waals surface area contributed by atoms with Crippen molar-refractivity contribution in [1.82, 2.24) is 5.32 Å². The van der Waals surface area contributed by atoms with Gasteiger partial charge in [-0.15, -0.1) is 22.7 Å². The molecular weight excluding hydrogens is 337 g/mol. The Hall–Kier alpha value is 0.0900. The molecule has 0 saturated heterocycles. The zero-order chi connectivity index (χ0) is 10.7. The topological polar surface area (TPSA) is 12.0 Å². The molecule has 80 valence electrons. The average molecular weight is 349 g/mol. The van der Waals surface area contributed by atoms with Gasteiger partial charge in [-0.2, -0.15) is 0 Å². The molecule has 1 atom stereocenters. The van der Waals surface area contributed by atoms with Gasteiger partial charge in [-0.1, -0.05) is 6.07 Å². The Labute approximate surface area is 112 Å². The molecule has 2 rings (SSSR count). The molecule has 1 N–H and O–H groups in total. The van der Waals surface area contributed by atoms with Crippen LogP contribution in [-0.2, 0) is 6.42 Å². The molecule has 0 saturated carbocycles. The third kappa shape index (κ3) is 3.03. The number of hydrogen-bond acceptors (Lipinski definition) is 3. The van der Waals surface area contributed by atoms with Gasteiger partial charge in [0, 0.05) is 17.3 Å². The van der Waals surface area contributed by atoms with Gasteiger partial charge < -0.3 is 5.32 Å². The Bertz CT molecular complexity index is 408. The summed E-state index contributed by atoms with van der Waals surface area (Å²) in [4.78, 5) is 1.44. The summed E-state index contributed by atoms with van der Waals surface area (Å²) in [7, 11) is 2.03. The first-order valence-electron chi connectivity index (χ1n) is 4.73. The highest BCUT2D eigenvalue weighted by Crippen LogP contribution is 2.26. The molecular formula is C11H12INS2. The fraction of sp³-hybridized carbons (Fsp3) is 0.273. The Balaban J connectivity index is 2.11. The van der Waals surface area contributed by atoms with Crippen molar-refractivity contribution in [2.45, 2.75) is 12.5 Å². The first-order chi connectivity index (χ1) is 7.29. The molecule has 0 amide bonds. The highest BCUT2D eigenvalue weighted by atomic mass is 127. The summed E-state index contributed by atoms with van der Waals surface area (Å²) < 4.78 is 1.36. The molecule has 1 unspecified atom stereocenters. The lowest BCUT2D eigenvalue weighted by molar-refractivity contribution is 0.598. The second-order valence-corrected chi connectivity index (χ2v) is 7.15. The van der Waals surface area contributed by atoms with Crippen molar-refractivity contribution in [2.75, 3.05) is 7.05 Å². The van der Waals surface area contributed by atoms with E-state index in [1.807, 2.05) is 29.7 Å². The summed E-state index contributed by atoms with van der Waals surface area (Å²) in [5, 5.41) is 7.76. The molecule has 1 nitrogen and oxygen atoms in total. The summed E-state index contributed by atoms with van der Waals surface area (Å²) in [5.74, 6) is 0. The first kappa shape index (κ1) is 11.6. The number of halogens is 1. The standard InChI is InChI=1S/C11H12INS2/c1-13-10(6-9-3-2-4-14-9)8-5-11(12)15-7-8/h2-5,7,10,13H,6H2,1H3. The summed E-state index contributed by atoms with van der Waals surface area (Å²) in [5.41, 5.74) is 1.40. The van der Waals surface area contributed by atoms with Gasteiger partial charge in [0.2, 0.25) is 0 Å². The van der Waals surface area contributed by atoms with E-state index in [0.717, 1.165) is 6.42 Å². The fourth-order valence-corrected chi connectivity index (χ4v) is 3.70. The van der Waals surface area contributed by atoms with Crippen molar-refractivity contribution in [3.05, 3.63) is 42.3 Å². The van der Waals surface area contributed by atoms with Crippen LogP contribution in [0.5, 0.6) is 0 Å². The predicted molar refractivity (Wildman–Crippen MR) is 76.9 cm³/mol. The van der Waals surface area contributed by atoms with Crippen LogP contribution in [0.1, 0.15) is 16.5 Å². The molecule has 15 heavy (non-hydrogen) atoms. The van der Waals surface area contributed by atoms with E-state index in [1.165, 1.54) is 13.3 Å². The Morgan fingerprint density at radius 3 is 2.87 bits per heavy atom. The smallest absolute Gasteiger partial charge is 0.0656 e. The summed E-state index contributed by atoms with van der Waals surface area (Å²) in [6, 6.07) is 7.03. The zero-order valence-electron chi connectivity index (χ0n) is 8.37. The third-order valence-corrected chi connectivity index (χ3v) is 5.03. The SMILES string of the molecule is CNC(Cc1cccs1)c1csc(I)c1. The lowest BCUT2D eigenvalue weighted by atomic mass is 10.1. The summed E-state index contributed by atoms with van der Waals surface area (Å²) in [6.45, 7) is 0. The van der Waals surface area contributed by atoms with Gasteiger partial charge in [0.15, 0.2) is 0 Å². The van der Waals surface area contributed by atoms with E-state index < -0.39 is 0 Å². The molecule has 0 radical (unpaired) electrons. The van der Waals surface area contributed by atoms with E-state index in [-0.39, 0.29) is 0 Å².